The van der Waals surface area contributed by atoms with Crippen LogP contribution in [0.15, 0.2) is 18.2 Å². The van der Waals surface area contributed by atoms with Gasteiger partial charge in [0.2, 0.25) is 0 Å². The van der Waals surface area contributed by atoms with Crippen LogP contribution in [0.3, 0.4) is 0 Å². The molecule has 1 aromatic rings. The molecule has 0 bridgehead atoms. The van der Waals surface area contributed by atoms with Crippen LogP contribution in [0.2, 0.25) is 0 Å². The molecule has 2 atom stereocenters. The predicted octanol–water partition coefficient (Wildman–Crippen LogP) is 2.87. The van der Waals surface area contributed by atoms with Crippen molar-refractivity contribution in [3.63, 3.8) is 0 Å². The SMILES string of the molecule is CC1CC(C)N(c2cc(F)cc(C=O)c2)C1. The maximum absolute atomic E-state index is 13.3. The van der Waals surface area contributed by atoms with Crippen LogP contribution in [0, 0.1) is 11.7 Å². The molecule has 0 aromatic heterocycles. The number of benzene rings is 1. The van der Waals surface area contributed by atoms with Gasteiger partial charge in [-0.3, -0.25) is 4.79 Å². The van der Waals surface area contributed by atoms with Crippen LogP contribution in [0.5, 0.6) is 0 Å². The van der Waals surface area contributed by atoms with Crippen LogP contribution >= 0.6 is 0 Å². The Balaban J connectivity index is 2.32. The fourth-order valence-corrected chi connectivity index (χ4v) is 2.49. The lowest BCUT2D eigenvalue weighted by atomic mass is 10.1. The number of aldehydes is 1. The van der Waals surface area contributed by atoms with Crippen LogP contribution < -0.4 is 4.90 Å². The van der Waals surface area contributed by atoms with Crippen LogP contribution in [0.1, 0.15) is 30.6 Å². The highest BCUT2D eigenvalue weighted by atomic mass is 19.1. The van der Waals surface area contributed by atoms with Gasteiger partial charge in [0.1, 0.15) is 12.1 Å². The molecule has 0 radical (unpaired) electrons. The van der Waals surface area contributed by atoms with Crippen molar-refractivity contribution in [2.45, 2.75) is 26.3 Å². The Morgan fingerprint density at radius 3 is 2.69 bits per heavy atom. The molecule has 0 N–H and O–H groups in total. The van der Waals surface area contributed by atoms with E-state index < -0.39 is 0 Å². The van der Waals surface area contributed by atoms with Crippen molar-refractivity contribution in [1.82, 2.24) is 0 Å². The van der Waals surface area contributed by atoms with Gasteiger partial charge in [-0.15, -0.1) is 0 Å². The molecule has 0 aliphatic carbocycles. The predicted molar refractivity (Wildman–Crippen MR) is 62.4 cm³/mol. The first kappa shape index (κ1) is 11.1. The molecule has 0 spiro atoms. The maximum atomic E-state index is 13.3. The molecule has 3 heteroatoms. The molecule has 0 saturated carbocycles. The molecule has 16 heavy (non-hydrogen) atoms. The molecule has 1 fully saturated rings. The quantitative estimate of drug-likeness (QED) is 0.716. The summed E-state index contributed by atoms with van der Waals surface area (Å²) in [6.45, 7) is 5.26. The minimum absolute atomic E-state index is 0.341. The topological polar surface area (TPSA) is 20.3 Å². The molecule has 1 heterocycles. The summed E-state index contributed by atoms with van der Waals surface area (Å²) in [6, 6.07) is 4.93. The van der Waals surface area contributed by atoms with Crippen molar-refractivity contribution in [1.29, 1.82) is 0 Å². The van der Waals surface area contributed by atoms with E-state index in [0.717, 1.165) is 18.7 Å². The lowest BCUT2D eigenvalue weighted by molar-refractivity contribution is 0.112. The molecule has 1 aromatic carbocycles. The molecular formula is C13H16FNO. The average molecular weight is 221 g/mol. The highest BCUT2D eigenvalue weighted by Gasteiger charge is 2.26. The van der Waals surface area contributed by atoms with Gasteiger partial charge in [0, 0.05) is 23.8 Å². The second kappa shape index (κ2) is 4.24. The van der Waals surface area contributed by atoms with Crippen LogP contribution in [0.25, 0.3) is 0 Å². The Kier molecular flexibility index (Phi) is 2.95. The number of nitrogens with zero attached hydrogens (tertiary/aromatic N) is 1. The summed E-state index contributed by atoms with van der Waals surface area (Å²) in [4.78, 5) is 12.9. The van der Waals surface area contributed by atoms with Gasteiger partial charge in [-0.1, -0.05) is 6.92 Å². The molecule has 2 nitrogen and oxygen atoms in total. The molecule has 86 valence electrons. The van der Waals surface area contributed by atoms with Crippen molar-refractivity contribution < 1.29 is 9.18 Å². The lowest BCUT2D eigenvalue weighted by Gasteiger charge is -2.24. The van der Waals surface area contributed by atoms with E-state index in [1.54, 1.807) is 6.07 Å². The van der Waals surface area contributed by atoms with Gasteiger partial charge >= 0.3 is 0 Å². The van der Waals surface area contributed by atoms with Gasteiger partial charge in [-0.05, 0) is 37.5 Å². The second-order valence-electron chi connectivity index (χ2n) is 4.70. The van der Waals surface area contributed by atoms with Gasteiger partial charge in [-0.2, -0.15) is 0 Å². The average Bonchev–Trinajstić information content (AvgIpc) is 2.57. The zero-order valence-corrected chi connectivity index (χ0v) is 9.61. The van der Waals surface area contributed by atoms with Crippen molar-refractivity contribution >= 4 is 12.0 Å². The summed E-state index contributed by atoms with van der Waals surface area (Å²) in [6.07, 6.45) is 1.81. The Morgan fingerprint density at radius 1 is 1.38 bits per heavy atom. The van der Waals surface area contributed by atoms with E-state index >= 15 is 0 Å². The first-order chi connectivity index (χ1) is 7.60. The van der Waals surface area contributed by atoms with Gasteiger partial charge in [0.15, 0.2) is 0 Å². The first-order valence-corrected chi connectivity index (χ1v) is 5.62. The molecule has 0 amide bonds. The van der Waals surface area contributed by atoms with E-state index in [-0.39, 0.29) is 5.82 Å². The number of anilines is 1. The Morgan fingerprint density at radius 2 is 2.12 bits per heavy atom. The Bertz CT molecular complexity index is 405. The largest absolute Gasteiger partial charge is 0.368 e. The maximum Gasteiger partial charge on any atom is 0.150 e. The van der Waals surface area contributed by atoms with Crippen molar-refractivity contribution in [3.8, 4) is 0 Å². The van der Waals surface area contributed by atoms with E-state index in [1.807, 2.05) is 0 Å². The van der Waals surface area contributed by atoms with Gasteiger partial charge in [0.25, 0.3) is 0 Å². The third-order valence-electron chi connectivity index (χ3n) is 3.16. The lowest BCUT2D eigenvalue weighted by Crippen LogP contribution is -2.26. The van der Waals surface area contributed by atoms with Crippen LogP contribution in [-0.4, -0.2) is 18.9 Å². The number of hydrogen-bond acceptors (Lipinski definition) is 2. The van der Waals surface area contributed by atoms with E-state index in [2.05, 4.69) is 18.7 Å². The van der Waals surface area contributed by atoms with Gasteiger partial charge in [-0.25, -0.2) is 4.39 Å². The third-order valence-corrected chi connectivity index (χ3v) is 3.16. The van der Waals surface area contributed by atoms with Crippen molar-refractivity contribution in [2.75, 3.05) is 11.4 Å². The molecule has 2 rings (SSSR count). The minimum Gasteiger partial charge on any atom is -0.368 e. The van der Waals surface area contributed by atoms with E-state index in [0.29, 0.717) is 23.8 Å². The monoisotopic (exact) mass is 221 g/mol. The fraction of sp³-hybridized carbons (Fsp3) is 0.462. The summed E-state index contributed by atoms with van der Waals surface area (Å²) < 4.78 is 13.3. The molecular weight excluding hydrogens is 205 g/mol. The first-order valence-electron chi connectivity index (χ1n) is 5.62. The second-order valence-corrected chi connectivity index (χ2v) is 4.70. The van der Waals surface area contributed by atoms with E-state index in [1.165, 1.54) is 12.1 Å². The van der Waals surface area contributed by atoms with Crippen molar-refractivity contribution in [3.05, 3.63) is 29.6 Å². The number of rotatable bonds is 2. The van der Waals surface area contributed by atoms with E-state index in [9.17, 15) is 9.18 Å². The number of carbonyl (C=O) groups excluding carboxylic acids is 1. The molecule has 2 unspecified atom stereocenters. The smallest absolute Gasteiger partial charge is 0.150 e. The van der Waals surface area contributed by atoms with Crippen LogP contribution in [0.4, 0.5) is 10.1 Å². The zero-order valence-electron chi connectivity index (χ0n) is 9.61. The van der Waals surface area contributed by atoms with Crippen molar-refractivity contribution in [2.24, 2.45) is 5.92 Å². The summed E-state index contributed by atoms with van der Waals surface area (Å²) >= 11 is 0. The third kappa shape index (κ3) is 2.08. The number of halogens is 1. The zero-order chi connectivity index (χ0) is 11.7. The molecule has 1 saturated heterocycles. The van der Waals surface area contributed by atoms with Gasteiger partial charge in [0.05, 0.1) is 0 Å². The highest BCUT2D eigenvalue weighted by molar-refractivity contribution is 5.77. The standard InChI is InChI=1S/C13H16FNO/c1-9-3-10(2)15(7-9)13-5-11(8-16)4-12(14)6-13/h4-6,8-10H,3,7H2,1-2H3. The molecule has 1 aliphatic rings. The van der Waals surface area contributed by atoms with E-state index in [4.69, 9.17) is 0 Å². The highest BCUT2D eigenvalue weighted by Crippen LogP contribution is 2.29. The summed E-state index contributed by atoms with van der Waals surface area (Å²) in [5.74, 6) is 0.282. The Hall–Kier alpha value is -1.38. The summed E-state index contributed by atoms with van der Waals surface area (Å²) in [5.41, 5.74) is 1.22. The Labute approximate surface area is 95.1 Å². The van der Waals surface area contributed by atoms with Gasteiger partial charge < -0.3 is 4.90 Å². The minimum atomic E-state index is -0.341. The number of hydrogen-bond donors (Lipinski definition) is 0. The summed E-state index contributed by atoms with van der Waals surface area (Å²) in [5, 5.41) is 0. The molecule has 1 aliphatic heterocycles. The number of carbonyl (C=O) groups is 1. The fourth-order valence-electron chi connectivity index (χ4n) is 2.49. The normalized spacial score (nSPS) is 24.8. The summed E-state index contributed by atoms with van der Waals surface area (Å²) in [7, 11) is 0. The van der Waals surface area contributed by atoms with Crippen LogP contribution in [-0.2, 0) is 0 Å².